The van der Waals surface area contributed by atoms with Gasteiger partial charge in [-0.3, -0.25) is 14.9 Å². The zero-order valence-electron chi connectivity index (χ0n) is 9.05. The largest absolute Gasteiger partial charge is 0.370 e. The van der Waals surface area contributed by atoms with Crippen molar-refractivity contribution in [3.8, 4) is 0 Å². The number of hydrogen-bond donors (Lipinski definition) is 2. The van der Waals surface area contributed by atoms with Crippen LogP contribution >= 0.6 is 11.3 Å². The fourth-order valence-corrected chi connectivity index (χ4v) is 1.83. The molecular weight excluding hydrogens is 246 g/mol. The van der Waals surface area contributed by atoms with Gasteiger partial charge in [-0.2, -0.15) is 0 Å². The number of carbonyl (C=O) groups excluding carboxylic acids is 1. The molecule has 0 aliphatic rings. The van der Waals surface area contributed by atoms with Crippen LogP contribution in [-0.2, 0) is 16.1 Å². The van der Waals surface area contributed by atoms with E-state index in [4.69, 9.17) is 10.5 Å². The van der Waals surface area contributed by atoms with E-state index in [0.29, 0.717) is 19.7 Å². The minimum absolute atomic E-state index is 0.0917. The summed E-state index contributed by atoms with van der Waals surface area (Å²) in [7, 11) is 0. The Balaban J connectivity index is 2.13. The lowest BCUT2D eigenvalue weighted by Gasteiger charge is -2.03. The number of ether oxygens (including phenoxy) is 1. The van der Waals surface area contributed by atoms with Gasteiger partial charge < -0.3 is 15.8 Å². The van der Waals surface area contributed by atoms with E-state index < -0.39 is 10.8 Å². The topological polar surface area (TPSA) is 107 Å². The standard InChI is InChI=1S/C9H13N3O4S/c10-8(13)5-16-2-1-11-4-7-3-9(12(14)15)17-6-7/h3,6,11H,1-2,4-5H2,(H2,10,13). The van der Waals surface area contributed by atoms with Crippen LogP contribution in [0.5, 0.6) is 0 Å². The molecule has 94 valence electrons. The smallest absolute Gasteiger partial charge is 0.324 e. The summed E-state index contributed by atoms with van der Waals surface area (Å²) in [5.74, 6) is -0.501. The number of thiophene rings is 1. The number of nitrogens with zero attached hydrogens (tertiary/aromatic N) is 1. The second kappa shape index (κ2) is 6.94. The fourth-order valence-electron chi connectivity index (χ4n) is 1.10. The van der Waals surface area contributed by atoms with Crippen molar-refractivity contribution in [3.05, 3.63) is 27.1 Å². The van der Waals surface area contributed by atoms with Gasteiger partial charge in [0, 0.05) is 24.5 Å². The Labute approximate surface area is 102 Å². The maximum Gasteiger partial charge on any atom is 0.324 e. The van der Waals surface area contributed by atoms with Gasteiger partial charge in [-0.1, -0.05) is 11.3 Å². The van der Waals surface area contributed by atoms with Gasteiger partial charge in [-0.15, -0.1) is 0 Å². The summed E-state index contributed by atoms with van der Waals surface area (Å²) in [5.41, 5.74) is 5.74. The van der Waals surface area contributed by atoms with Crippen LogP contribution in [0.15, 0.2) is 11.4 Å². The van der Waals surface area contributed by atoms with Crippen molar-refractivity contribution in [1.82, 2.24) is 5.32 Å². The van der Waals surface area contributed by atoms with E-state index in [9.17, 15) is 14.9 Å². The quantitative estimate of drug-likeness (QED) is 0.395. The molecule has 0 unspecified atom stereocenters. The second-order valence-corrected chi connectivity index (χ2v) is 4.14. The Morgan fingerprint density at radius 3 is 3.00 bits per heavy atom. The third-order valence-corrected chi connectivity index (χ3v) is 2.75. The molecule has 0 aliphatic heterocycles. The minimum Gasteiger partial charge on any atom is -0.370 e. The SMILES string of the molecule is NC(=O)COCCNCc1csc([N+](=O)[O-])c1. The number of rotatable bonds is 8. The van der Waals surface area contributed by atoms with E-state index in [1.165, 1.54) is 6.07 Å². The van der Waals surface area contributed by atoms with Crippen LogP contribution in [0.2, 0.25) is 0 Å². The summed E-state index contributed by atoms with van der Waals surface area (Å²) in [4.78, 5) is 20.3. The predicted molar refractivity (Wildman–Crippen MR) is 62.7 cm³/mol. The Morgan fingerprint density at radius 1 is 1.65 bits per heavy atom. The normalized spacial score (nSPS) is 10.4. The summed E-state index contributed by atoms with van der Waals surface area (Å²) in [6, 6.07) is 1.53. The first-order valence-electron chi connectivity index (χ1n) is 4.88. The van der Waals surface area contributed by atoms with Crippen molar-refractivity contribution in [1.29, 1.82) is 0 Å². The number of nitrogens with one attached hydrogen (secondary N) is 1. The van der Waals surface area contributed by atoms with E-state index in [1.807, 2.05) is 0 Å². The average molecular weight is 259 g/mol. The van der Waals surface area contributed by atoms with Crippen molar-refractivity contribution in [2.24, 2.45) is 5.73 Å². The maximum absolute atomic E-state index is 10.4. The highest BCUT2D eigenvalue weighted by Gasteiger charge is 2.08. The van der Waals surface area contributed by atoms with E-state index >= 15 is 0 Å². The molecular formula is C9H13N3O4S. The number of amides is 1. The first-order chi connectivity index (χ1) is 8.09. The molecule has 0 saturated carbocycles. The van der Waals surface area contributed by atoms with E-state index in [-0.39, 0.29) is 11.6 Å². The summed E-state index contributed by atoms with van der Waals surface area (Å²) >= 11 is 1.10. The third kappa shape index (κ3) is 5.38. The summed E-state index contributed by atoms with van der Waals surface area (Å²) in [5, 5.41) is 15.3. The Kier molecular flexibility index (Phi) is 5.53. The average Bonchev–Trinajstić information content (AvgIpc) is 2.71. The lowest BCUT2D eigenvalue weighted by Crippen LogP contribution is -2.23. The van der Waals surface area contributed by atoms with Crippen LogP contribution < -0.4 is 11.1 Å². The van der Waals surface area contributed by atoms with Gasteiger partial charge in [0.1, 0.15) is 6.61 Å². The molecule has 0 atom stereocenters. The minimum atomic E-state index is -0.501. The van der Waals surface area contributed by atoms with Crippen molar-refractivity contribution in [3.63, 3.8) is 0 Å². The third-order valence-electron chi connectivity index (χ3n) is 1.82. The highest BCUT2D eigenvalue weighted by atomic mass is 32.1. The molecule has 0 bridgehead atoms. The van der Waals surface area contributed by atoms with Crippen LogP contribution in [0.25, 0.3) is 0 Å². The Morgan fingerprint density at radius 2 is 2.41 bits per heavy atom. The zero-order chi connectivity index (χ0) is 12.7. The van der Waals surface area contributed by atoms with Crippen molar-refractivity contribution >= 4 is 22.2 Å². The maximum atomic E-state index is 10.4. The molecule has 0 aromatic carbocycles. The van der Waals surface area contributed by atoms with Gasteiger partial charge in [0.15, 0.2) is 0 Å². The lowest BCUT2D eigenvalue weighted by molar-refractivity contribution is -0.380. The van der Waals surface area contributed by atoms with Crippen LogP contribution in [-0.4, -0.2) is 30.6 Å². The molecule has 0 aliphatic carbocycles. The van der Waals surface area contributed by atoms with Crippen LogP contribution in [0, 0.1) is 10.1 Å². The van der Waals surface area contributed by atoms with Gasteiger partial charge in [0.25, 0.3) is 0 Å². The van der Waals surface area contributed by atoms with Crippen molar-refractivity contribution in [2.45, 2.75) is 6.54 Å². The lowest BCUT2D eigenvalue weighted by atomic mass is 10.3. The molecule has 17 heavy (non-hydrogen) atoms. The first kappa shape index (κ1) is 13.6. The number of nitro groups is 1. The molecule has 7 nitrogen and oxygen atoms in total. The highest BCUT2D eigenvalue weighted by Crippen LogP contribution is 2.22. The molecule has 0 saturated heterocycles. The van der Waals surface area contributed by atoms with Gasteiger partial charge >= 0.3 is 5.00 Å². The van der Waals surface area contributed by atoms with Gasteiger partial charge in [-0.25, -0.2) is 0 Å². The number of hydrogen-bond acceptors (Lipinski definition) is 6. The number of nitrogens with two attached hydrogens (primary N) is 1. The Hall–Kier alpha value is -1.51. The molecule has 0 spiro atoms. The van der Waals surface area contributed by atoms with E-state index in [2.05, 4.69) is 5.32 Å². The van der Waals surface area contributed by atoms with Crippen LogP contribution in [0.3, 0.4) is 0 Å². The van der Waals surface area contributed by atoms with Gasteiger partial charge in [-0.05, 0) is 5.56 Å². The predicted octanol–water partition coefficient (Wildman–Crippen LogP) is 0.248. The van der Waals surface area contributed by atoms with E-state index in [1.54, 1.807) is 5.38 Å². The molecule has 1 heterocycles. The molecule has 0 fully saturated rings. The molecule has 0 radical (unpaired) electrons. The van der Waals surface area contributed by atoms with E-state index in [0.717, 1.165) is 16.9 Å². The highest BCUT2D eigenvalue weighted by molar-refractivity contribution is 7.13. The van der Waals surface area contributed by atoms with Crippen LogP contribution in [0.1, 0.15) is 5.56 Å². The van der Waals surface area contributed by atoms with Crippen molar-refractivity contribution < 1.29 is 14.5 Å². The van der Waals surface area contributed by atoms with Gasteiger partial charge in [0.05, 0.1) is 11.5 Å². The molecule has 1 rings (SSSR count). The summed E-state index contributed by atoms with van der Waals surface area (Å²) < 4.78 is 4.93. The molecule has 1 amide bonds. The first-order valence-corrected chi connectivity index (χ1v) is 5.76. The second-order valence-electron chi connectivity index (χ2n) is 3.25. The number of carbonyl (C=O) groups is 1. The molecule has 1 aromatic rings. The fraction of sp³-hybridized carbons (Fsp3) is 0.444. The Bertz CT molecular complexity index is 393. The molecule has 1 aromatic heterocycles. The van der Waals surface area contributed by atoms with Crippen LogP contribution in [0.4, 0.5) is 5.00 Å². The summed E-state index contributed by atoms with van der Waals surface area (Å²) in [6.07, 6.45) is 0. The monoisotopic (exact) mass is 259 g/mol. The zero-order valence-corrected chi connectivity index (χ0v) is 9.87. The van der Waals surface area contributed by atoms with Crippen molar-refractivity contribution in [2.75, 3.05) is 19.8 Å². The molecule has 8 heteroatoms. The summed E-state index contributed by atoms with van der Waals surface area (Å²) in [6.45, 7) is 1.36. The number of primary amides is 1. The van der Waals surface area contributed by atoms with Gasteiger partial charge in [0.2, 0.25) is 5.91 Å². The molecule has 3 N–H and O–H groups in total.